The monoisotopic (exact) mass is 616 g/mol. The Morgan fingerprint density at radius 1 is 0.488 bits per heavy atom. The molecule has 1 aliphatic rings. The molecule has 264 valence electrons. The molecule has 7 heteroatoms. The predicted octanol–water partition coefficient (Wildman–Crippen LogP) is 6.48. The van der Waals surface area contributed by atoms with Gasteiger partial charge in [0.2, 0.25) is 0 Å². The molecule has 0 aliphatic carbocycles. The first-order chi connectivity index (χ1) is 19.4. The number of likely N-dealkylation sites (N-methyl/N-ethyl adjacent to an activating group) is 4. The van der Waals surface area contributed by atoms with Crippen LogP contribution in [0.1, 0.15) is 96.9 Å². The van der Waals surface area contributed by atoms with Crippen LogP contribution in [0.2, 0.25) is 0 Å². The Morgan fingerprint density at radius 3 is 1.28 bits per heavy atom. The van der Waals surface area contributed by atoms with Gasteiger partial charge in [-0.3, -0.25) is 0 Å². The normalized spacial score (nSPS) is 16.2. The lowest BCUT2D eigenvalue weighted by molar-refractivity contribution is 0.158. The minimum atomic E-state index is 0. The van der Waals surface area contributed by atoms with E-state index in [2.05, 4.69) is 109 Å². The molecule has 0 bridgehead atoms. The van der Waals surface area contributed by atoms with Gasteiger partial charge in [-0.25, -0.2) is 0 Å². The molecule has 0 aromatic heterocycles. The summed E-state index contributed by atoms with van der Waals surface area (Å²) < 4.78 is 0. The second-order valence-corrected chi connectivity index (χ2v) is 11.4. The molecule has 0 spiro atoms. The highest BCUT2D eigenvalue weighted by Gasteiger charge is 2.13. The quantitative estimate of drug-likeness (QED) is 0.184. The highest BCUT2D eigenvalue weighted by Crippen LogP contribution is 2.02. The molecular formula is C36H85N7. The molecule has 0 N–H and O–H groups in total. The van der Waals surface area contributed by atoms with Gasteiger partial charge in [0.15, 0.2) is 0 Å². The molecular weight excluding hydrogens is 530 g/mol. The fraction of sp³-hybridized carbons (Fsp3) is 0.944. The standard InChI is InChI=1S/C18H38N4.C15H35N3.3CH4/c1-5-8-20-13-11-19(4)12-14-21(9-6-2)16-18-22(10-7-3)17-15-20;1-6-11-17(9-4)14-15-18(10-5)13-12-16(7-2)8-3;;;/h5,8H,6-7,9-18H2,1-4H3;6-15H2,1-5H3;3*1H4/b8-5+;;;;. The highest BCUT2D eigenvalue weighted by molar-refractivity contribution is 4.81. The van der Waals surface area contributed by atoms with Gasteiger partial charge in [0, 0.05) is 78.5 Å². The Balaban J connectivity index is -0.000000337. The van der Waals surface area contributed by atoms with Crippen molar-refractivity contribution in [1.29, 1.82) is 0 Å². The Kier molecular flexibility index (Phi) is 39.1. The highest BCUT2D eigenvalue weighted by atomic mass is 15.3. The van der Waals surface area contributed by atoms with Crippen molar-refractivity contribution in [2.24, 2.45) is 0 Å². The number of rotatable bonds is 17. The van der Waals surface area contributed by atoms with Crippen LogP contribution in [0.25, 0.3) is 0 Å². The lowest BCUT2D eigenvalue weighted by atomic mass is 10.3. The molecule has 0 amide bonds. The fourth-order valence-electron chi connectivity index (χ4n) is 5.33. The van der Waals surface area contributed by atoms with Gasteiger partial charge in [0.1, 0.15) is 0 Å². The predicted molar refractivity (Wildman–Crippen MR) is 200 cm³/mol. The Hall–Kier alpha value is -0.700. The summed E-state index contributed by atoms with van der Waals surface area (Å²) in [6.07, 6.45) is 8.19. The topological polar surface area (TPSA) is 22.7 Å². The van der Waals surface area contributed by atoms with Crippen LogP contribution in [-0.4, -0.2) is 166 Å². The Labute approximate surface area is 274 Å². The molecule has 0 unspecified atom stereocenters. The molecule has 0 aromatic rings. The van der Waals surface area contributed by atoms with E-state index in [1.807, 2.05) is 0 Å². The van der Waals surface area contributed by atoms with Crippen molar-refractivity contribution in [2.75, 3.05) is 131 Å². The third-order valence-electron chi connectivity index (χ3n) is 8.24. The van der Waals surface area contributed by atoms with E-state index >= 15 is 0 Å². The third-order valence-corrected chi connectivity index (χ3v) is 8.24. The van der Waals surface area contributed by atoms with Crippen LogP contribution in [0.4, 0.5) is 0 Å². The molecule has 1 saturated heterocycles. The first kappa shape index (κ1) is 49.2. The van der Waals surface area contributed by atoms with E-state index in [-0.39, 0.29) is 22.3 Å². The van der Waals surface area contributed by atoms with Gasteiger partial charge >= 0.3 is 0 Å². The summed E-state index contributed by atoms with van der Waals surface area (Å²) >= 11 is 0. The maximum absolute atomic E-state index is 2.64. The number of allylic oxidation sites excluding steroid dienone is 1. The minimum absolute atomic E-state index is 0. The van der Waals surface area contributed by atoms with Crippen molar-refractivity contribution in [2.45, 2.75) is 96.9 Å². The largest absolute Gasteiger partial charge is 0.375 e. The second-order valence-electron chi connectivity index (χ2n) is 11.4. The molecule has 1 fully saturated rings. The number of hydrogen-bond acceptors (Lipinski definition) is 7. The van der Waals surface area contributed by atoms with E-state index in [1.54, 1.807) is 0 Å². The average molecular weight is 616 g/mol. The molecule has 1 heterocycles. The van der Waals surface area contributed by atoms with Crippen molar-refractivity contribution in [3.05, 3.63) is 12.3 Å². The van der Waals surface area contributed by atoms with Crippen molar-refractivity contribution < 1.29 is 0 Å². The second kappa shape index (κ2) is 34.2. The Morgan fingerprint density at radius 2 is 0.860 bits per heavy atom. The zero-order valence-corrected chi connectivity index (χ0v) is 28.8. The smallest absolute Gasteiger partial charge is 0.0300 e. The molecule has 1 rings (SSSR count). The first-order valence-corrected chi connectivity index (χ1v) is 17.1. The lowest BCUT2D eigenvalue weighted by Crippen LogP contribution is -2.44. The molecule has 1 aliphatic heterocycles. The van der Waals surface area contributed by atoms with Gasteiger partial charge in [-0.05, 0) is 85.2 Å². The summed E-state index contributed by atoms with van der Waals surface area (Å²) in [5.41, 5.74) is 0. The van der Waals surface area contributed by atoms with Crippen LogP contribution in [0.3, 0.4) is 0 Å². The van der Waals surface area contributed by atoms with Gasteiger partial charge in [-0.1, -0.05) is 76.8 Å². The molecule has 0 atom stereocenters. The van der Waals surface area contributed by atoms with E-state index < -0.39 is 0 Å². The Bertz CT molecular complexity index is 556. The van der Waals surface area contributed by atoms with Gasteiger partial charge in [0.05, 0.1) is 0 Å². The van der Waals surface area contributed by atoms with E-state index in [9.17, 15) is 0 Å². The summed E-state index contributed by atoms with van der Waals surface area (Å²) in [6, 6.07) is 0. The first-order valence-electron chi connectivity index (χ1n) is 17.1. The van der Waals surface area contributed by atoms with Crippen LogP contribution in [0.15, 0.2) is 12.3 Å². The summed E-state index contributed by atoms with van der Waals surface area (Å²) in [7, 11) is 2.26. The van der Waals surface area contributed by atoms with Crippen LogP contribution >= 0.6 is 0 Å². The van der Waals surface area contributed by atoms with Gasteiger partial charge in [-0.2, -0.15) is 0 Å². The zero-order valence-electron chi connectivity index (χ0n) is 28.8. The molecule has 0 aromatic carbocycles. The van der Waals surface area contributed by atoms with Crippen LogP contribution < -0.4 is 0 Å². The van der Waals surface area contributed by atoms with Crippen LogP contribution in [0.5, 0.6) is 0 Å². The number of hydrogen-bond donors (Lipinski definition) is 0. The van der Waals surface area contributed by atoms with Crippen molar-refractivity contribution >= 4 is 0 Å². The summed E-state index contributed by atoms with van der Waals surface area (Å²) in [4.78, 5) is 17.9. The van der Waals surface area contributed by atoms with Crippen molar-refractivity contribution in [3.8, 4) is 0 Å². The van der Waals surface area contributed by atoms with E-state index in [0.29, 0.717) is 0 Å². The lowest BCUT2D eigenvalue weighted by Gasteiger charge is -2.32. The van der Waals surface area contributed by atoms with Crippen molar-refractivity contribution in [1.82, 2.24) is 34.3 Å². The number of nitrogens with zero attached hydrogens (tertiary/aromatic N) is 7. The van der Waals surface area contributed by atoms with Gasteiger partial charge in [0.25, 0.3) is 0 Å². The summed E-state index contributed by atoms with van der Waals surface area (Å²) in [5.74, 6) is 0. The molecule has 0 saturated carbocycles. The van der Waals surface area contributed by atoms with Crippen LogP contribution in [0, 0.1) is 0 Å². The summed E-state index contributed by atoms with van der Waals surface area (Å²) in [5, 5.41) is 0. The van der Waals surface area contributed by atoms with E-state index in [1.165, 1.54) is 124 Å². The molecule has 0 radical (unpaired) electrons. The molecule has 43 heavy (non-hydrogen) atoms. The molecule has 7 nitrogen and oxygen atoms in total. The fourth-order valence-corrected chi connectivity index (χ4v) is 5.33. The average Bonchev–Trinajstić information content (AvgIpc) is 2.96. The maximum Gasteiger partial charge on any atom is 0.0300 e. The SMILES string of the molecule is C.C.C.C/C=C/N1CCN(C)CCN(CCC)CCN(CCC)CC1.CCCN(CC)CCN(CC)CCN(CC)CC. The van der Waals surface area contributed by atoms with Crippen LogP contribution in [-0.2, 0) is 0 Å². The maximum atomic E-state index is 2.64. The zero-order chi connectivity index (χ0) is 30.0. The minimum Gasteiger partial charge on any atom is -0.375 e. The summed E-state index contributed by atoms with van der Waals surface area (Å²) in [6.45, 7) is 40.7. The van der Waals surface area contributed by atoms with Gasteiger partial charge < -0.3 is 34.3 Å². The van der Waals surface area contributed by atoms with E-state index in [0.717, 1.165) is 19.6 Å². The van der Waals surface area contributed by atoms with Crippen molar-refractivity contribution in [3.63, 3.8) is 0 Å². The van der Waals surface area contributed by atoms with E-state index in [4.69, 9.17) is 0 Å². The van der Waals surface area contributed by atoms with Gasteiger partial charge in [-0.15, -0.1) is 0 Å². The third kappa shape index (κ3) is 26.2.